The number of rotatable bonds is 3. The number of hydrogen-bond acceptors (Lipinski definition) is 1. The predicted octanol–water partition coefficient (Wildman–Crippen LogP) is 4.51. The summed E-state index contributed by atoms with van der Waals surface area (Å²) in [5.74, 6) is 0. The van der Waals surface area contributed by atoms with Gasteiger partial charge in [0.05, 0.1) is 0 Å². The lowest BCUT2D eigenvalue weighted by Crippen LogP contribution is -2.15. The van der Waals surface area contributed by atoms with Crippen molar-refractivity contribution in [1.29, 1.82) is 0 Å². The molecule has 0 aliphatic rings. The Bertz CT molecular complexity index is 590. The Morgan fingerprint density at radius 1 is 1.00 bits per heavy atom. The quantitative estimate of drug-likeness (QED) is 0.875. The molecule has 19 heavy (non-hydrogen) atoms. The Morgan fingerprint density at radius 3 is 2.37 bits per heavy atom. The molecule has 0 saturated carbocycles. The third kappa shape index (κ3) is 3.17. The van der Waals surface area contributed by atoms with Gasteiger partial charge in [-0.15, -0.1) is 0 Å². The fourth-order valence-electron chi connectivity index (χ4n) is 2.39. The summed E-state index contributed by atoms with van der Waals surface area (Å²) in [5, 5.41) is 0.810. The van der Waals surface area contributed by atoms with Gasteiger partial charge in [0.2, 0.25) is 0 Å². The molecule has 0 aliphatic carbocycles. The molecule has 0 aromatic heterocycles. The van der Waals surface area contributed by atoms with Gasteiger partial charge in [0.15, 0.2) is 0 Å². The molecule has 2 N–H and O–H groups in total. The van der Waals surface area contributed by atoms with Gasteiger partial charge in [-0.1, -0.05) is 41.9 Å². The molecule has 0 spiro atoms. The number of benzene rings is 2. The summed E-state index contributed by atoms with van der Waals surface area (Å²) in [4.78, 5) is 0. The van der Waals surface area contributed by atoms with E-state index in [1.54, 1.807) is 0 Å². The first-order chi connectivity index (χ1) is 8.99. The van der Waals surface area contributed by atoms with Crippen molar-refractivity contribution < 1.29 is 0 Å². The van der Waals surface area contributed by atoms with Crippen molar-refractivity contribution in [3.05, 3.63) is 69.2 Å². The Morgan fingerprint density at radius 2 is 1.68 bits per heavy atom. The first-order valence-electron chi connectivity index (χ1n) is 6.55. The normalized spacial score (nSPS) is 12.5. The van der Waals surface area contributed by atoms with Crippen LogP contribution in [0.5, 0.6) is 0 Å². The molecule has 100 valence electrons. The zero-order valence-corrected chi connectivity index (χ0v) is 12.5. The minimum absolute atomic E-state index is 0.0112. The second-order valence-electron chi connectivity index (χ2n) is 5.20. The van der Waals surface area contributed by atoms with Crippen LogP contribution in [0.1, 0.15) is 33.9 Å². The molecule has 1 atom stereocenters. The van der Waals surface area contributed by atoms with Crippen LogP contribution in [0, 0.1) is 20.8 Å². The molecule has 0 saturated heterocycles. The van der Waals surface area contributed by atoms with Crippen molar-refractivity contribution in [1.82, 2.24) is 0 Å². The highest BCUT2D eigenvalue weighted by atomic mass is 35.5. The van der Waals surface area contributed by atoms with E-state index < -0.39 is 0 Å². The van der Waals surface area contributed by atoms with Gasteiger partial charge in [-0.25, -0.2) is 0 Å². The van der Waals surface area contributed by atoms with Crippen molar-refractivity contribution in [3.8, 4) is 0 Å². The van der Waals surface area contributed by atoms with Gasteiger partial charge in [-0.3, -0.25) is 0 Å². The van der Waals surface area contributed by atoms with Crippen LogP contribution in [-0.2, 0) is 6.42 Å². The van der Waals surface area contributed by atoms with Crippen LogP contribution in [0.25, 0.3) is 0 Å². The van der Waals surface area contributed by atoms with Crippen LogP contribution < -0.4 is 5.73 Å². The van der Waals surface area contributed by atoms with Crippen LogP contribution in [0.2, 0.25) is 5.02 Å². The summed E-state index contributed by atoms with van der Waals surface area (Å²) < 4.78 is 0. The lowest BCUT2D eigenvalue weighted by Gasteiger charge is -2.17. The average molecular weight is 274 g/mol. The highest BCUT2D eigenvalue weighted by Crippen LogP contribution is 2.26. The molecule has 0 bridgehead atoms. The van der Waals surface area contributed by atoms with Gasteiger partial charge < -0.3 is 5.73 Å². The van der Waals surface area contributed by atoms with Gasteiger partial charge in [-0.05, 0) is 61.1 Å². The lowest BCUT2D eigenvalue weighted by molar-refractivity contribution is 0.713. The second kappa shape index (κ2) is 5.77. The molecular weight excluding hydrogens is 254 g/mol. The van der Waals surface area contributed by atoms with Gasteiger partial charge in [0.25, 0.3) is 0 Å². The SMILES string of the molecule is Cc1cc(C(N)Cc2ccccc2C)c(C)cc1Cl. The summed E-state index contributed by atoms with van der Waals surface area (Å²) in [6.07, 6.45) is 0.856. The molecule has 2 aromatic carbocycles. The fourth-order valence-corrected chi connectivity index (χ4v) is 2.61. The highest BCUT2D eigenvalue weighted by molar-refractivity contribution is 6.31. The van der Waals surface area contributed by atoms with E-state index in [0.29, 0.717) is 0 Å². The van der Waals surface area contributed by atoms with E-state index in [2.05, 4.69) is 44.2 Å². The molecule has 2 heteroatoms. The first kappa shape index (κ1) is 14.1. The molecule has 2 aromatic rings. The van der Waals surface area contributed by atoms with E-state index in [4.69, 9.17) is 17.3 Å². The zero-order chi connectivity index (χ0) is 14.0. The minimum Gasteiger partial charge on any atom is -0.324 e. The van der Waals surface area contributed by atoms with Crippen LogP contribution in [-0.4, -0.2) is 0 Å². The summed E-state index contributed by atoms with van der Waals surface area (Å²) in [6, 6.07) is 12.5. The molecule has 0 radical (unpaired) electrons. The summed E-state index contributed by atoms with van der Waals surface area (Å²) >= 11 is 6.14. The standard InChI is InChI=1S/C17H20ClN/c1-11-6-4-5-7-14(11)10-17(19)15-8-13(3)16(18)9-12(15)2/h4-9,17H,10,19H2,1-3H3. The third-order valence-electron chi connectivity index (χ3n) is 3.65. The topological polar surface area (TPSA) is 26.0 Å². The van der Waals surface area contributed by atoms with Crippen molar-refractivity contribution in [2.24, 2.45) is 5.73 Å². The smallest absolute Gasteiger partial charge is 0.0438 e. The second-order valence-corrected chi connectivity index (χ2v) is 5.60. The van der Waals surface area contributed by atoms with E-state index in [9.17, 15) is 0 Å². The largest absolute Gasteiger partial charge is 0.324 e. The van der Waals surface area contributed by atoms with Crippen molar-refractivity contribution in [3.63, 3.8) is 0 Å². The van der Waals surface area contributed by atoms with E-state index in [1.807, 2.05) is 13.0 Å². The van der Waals surface area contributed by atoms with E-state index in [-0.39, 0.29) is 6.04 Å². The van der Waals surface area contributed by atoms with Crippen LogP contribution in [0.15, 0.2) is 36.4 Å². The summed E-state index contributed by atoms with van der Waals surface area (Å²) in [7, 11) is 0. The van der Waals surface area contributed by atoms with Crippen molar-refractivity contribution >= 4 is 11.6 Å². The van der Waals surface area contributed by atoms with Crippen molar-refractivity contribution in [2.45, 2.75) is 33.2 Å². The zero-order valence-electron chi connectivity index (χ0n) is 11.7. The van der Waals surface area contributed by atoms with E-state index in [0.717, 1.165) is 22.6 Å². The Labute approximate surface area is 120 Å². The number of aryl methyl sites for hydroxylation is 3. The average Bonchev–Trinajstić information content (AvgIpc) is 2.36. The van der Waals surface area contributed by atoms with Gasteiger partial charge >= 0.3 is 0 Å². The number of halogens is 1. The summed E-state index contributed by atoms with van der Waals surface area (Å²) in [6.45, 7) is 6.21. The third-order valence-corrected chi connectivity index (χ3v) is 4.06. The van der Waals surface area contributed by atoms with Crippen LogP contribution >= 0.6 is 11.6 Å². The van der Waals surface area contributed by atoms with Crippen molar-refractivity contribution in [2.75, 3.05) is 0 Å². The molecule has 0 fully saturated rings. The molecule has 0 heterocycles. The Hall–Kier alpha value is -1.31. The molecule has 0 aliphatic heterocycles. The maximum atomic E-state index is 6.37. The molecular formula is C17H20ClN. The van der Waals surface area contributed by atoms with Crippen LogP contribution in [0.4, 0.5) is 0 Å². The van der Waals surface area contributed by atoms with Crippen LogP contribution in [0.3, 0.4) is 0 Å². The maximum Gasteiger partial charge on any atom is 0.0438 e. The molecule has 2 rings (SSSR count). The fraction of sp³-hybridized carbons (Fsp3) is 0.294. The van der Waals surface area contributed by atoms with Gasteiger partial charge in [-0.2, -0.15) is 0 Å². The Balaban J connectivity index is 2.28. The highest BCUT2D eigenvalue weighted by Gasteiger charge is 2.12. The monoisotopic (exact) mass is 273 g/mol. The minimum atomic E-state index is 0.0112. The Kier molecular flexibility index (Phi) is 4.28. The maximum absolute atomic E-state index is 6.37. The predicted molar refractivity (Wildman–Crippen MR) is 82.7 cm³/mol. The molecule has 0 amide bonds. The molecule has 1 unspecified atom stereocenters. The number of nitrogens with two attached hydrogens (primary N) is 1. The lowest BCUT2D eigenvalue weighted by atomic mass is 9.93. The number of hydrogen-bond donors (Lipinski definition) is 1. The van der Waals surface area contributed by atoms with E-state index >= 15 is 0 Å². The molecule has 1 nitrogen and oxygen atoms in total. The summed E-state index contributed by atoms with van der Waals surface area (Å²) in [5.41, 5.74) is 12.4. The van der Waals surface area contributed by atoms with E-state index in [1.165, 1.54) is 16.7 Å². The van der Waals surface area contributed by atoms with Gasteiger partial charge in [0, 0.05) is 11.1 Å². The van der Waals surface area contributed by atoms with Gasteiger partial charge in [0.1, 0.15) is 0 Å². The first-order valence-corrected chi connectivity index (χ1v) is 6.93.